The highest BCUT2D eigenvalue weighted by Crippen LogP contribution is 2.12. The first-order valence-corrected chi connectivity index (χ1v) is 6.76. The van der Waals surface area contributed by atoms with Crippen LogP contribution in [0.5, 0.6) is 0 Å². The van der Waals surface area contributed by atoms with Gasteiger partial charge in [0.05, 0.1) is 6.61 Å². The predicted molar refractivity (Wildman–Crippen MR) is 79.6 cm³/mol. The Morgan fingerprint density at radius 1 is 1.24 bits per heavy atom. The molecule has 21 heavy (non-hydrogen) atoms. The molecular formula is C16H18FN3O. The van der Waals surface area contributed by atoms with Crippen LogP contribution in [0.15, 0.2) is 42.7 Å². The van der Waals surface area contributed by atoms with Crippen LogP contribution in [-0.4, -0.2) is 17.4 Å². The molecular weight excluding hydrogens is 269 g/mol. The molecule has 0 radical (unpaired) electrons. The van der Waals surface area contributed by atoms with Crippen LogP contribution in [0.4, 0.5) is 4.39 Å². The molecule has 0 aliphatic carbocycles. The van der Waals surface area contributed by atoms with Gasteiger partial charge in [0, 0.05) is 24.6 Å². The molecule has 4 nitrogen and oxygen atoms in total. The topological polar surface area (TPSA) is 72.0 Å². The Balaban J connectivity index is 1.80. The largest absolute Gasteiger partial charge is 0.384 e. The quantitative estimate of drug-likeness (QED) is 0.467. The maximum Gasteiger partial charge on any atom is 0.123 e. The lowest BCUT2D eigenvalue weighted by atomic mass is 10.1. The molecule has 0 aliphatic rings. The molecule has 2 aromatic rings. The minimum Gasteiger partial charge on any atom is -0.384 e. The van der Waals surface area contributed by atoms with Crippen LogP contribution in [0.3, 0.4) is 0 Å². The van der Waals surface area contributed by atoms with Gasteiger partial charge in [0.15, 0.2) is 0 Å². The summed E-state index contributed by atoms with van der Waals surface area (Å²) < 4.78 is 18.7. The molecule has 0 atom stereocenters. The van der Waals surface area contributed by atoms with Gasteiger partial charge in [-0.1, -0.05) is 6.07 Å². The van der Waals surface area contributed by atoms with Crippen molar-refractivity contribution in [1.82, 2.24) is 4.98 Å². The summed E-state index contributed by atoms with van der Waals surface area (Å²) in [4.78, 5) is 3.97. The maximum atomic E-state index is 13.1. The summed E-state index contributed by atoms with van der Waals surface area (Å²) in [6.45, 7) is 0.919. The Morgan fingerprint density at radius 3 is 2.71 bits per heavy atom. The smallest absolute Gasteiger partial charge is 0.123 e. The van der Waals surface area contributed by atoms with Crippen molar-refractivity contribution in [3.05, 3.63) is 65.2 Å². The summed E-state index contributed by atoms with van der Waals surface area (Å²) in [6, 6.07) is 8.18. The third-order valence-electron chi connectivity index (χ3n) is 3.12. The highest BCUT2D eigenvalue weighted by atomic mass is 19.1. The number of nitrogens with zero attached hydrogens (tertiary/aromatic N) is 1. The summed E-state index contributed by atoms with van der Waals surface area (Å²) in [5.41, 5.74) is 7.79. The molecule has 1 heterocycles. The van der Waals surface area contributed by atoms with E-state index in [2.05, 4.69) is 4.98 Å². The Morgan fingerprint density at radius 2 is 2.00 bits per heavy atom. The second-order valence-corrected chi connectivity index (χ2v) is 4.73. The lowest BCUT2D eigenvalue weighted by Gasteiger charge is -2.09. The van der Waals surface area contributed by atoms with Gasteiger partial charge in [0.2, 0.25) is 0 Å². The Labute approximate surface area is 123 Å². The number of pyridine rings is 1. The zero-order valence-electron chi connectivity index (χ0n) is 11.7. The van der Waals surface area contributed by atoms with E-state index >= 15 is 0 Å². The van der Waals surface area contributed by atoms with Crippen molar-refractivity contribution in [2.75, 3.05) is 6.61 Å². The van der Waals surface area contributed by atoms with E-state index in [9.17, 15) is 4.39 Å². The third kappa shape index (κ3) is 4.65. The van der Waals surface area contributed by atoms with Crippen molar-refractivity contribution in [3.8, 4) is 0 Å². The molecule has 110 valence electrons. The first-order chi connectivity index (χ1) is 10.2. The molecule has 0 saturated carbocycles. The standard InChI is InChI=1S/C16H18FN3O/c17-14-4-3-13(15(10-14)16(18)19)11-21-9-1-2-12-5-7-20-8-6-12/h3-8,10H,1-2,9,11H2,(H3,18,19). The summed E-state index contributed by atoms with van der Waals surface area (Å²) in [7, 11) is 0. The van der Waals surface area contributed by atoms with Crippen LogP contribution in [0.25, 0.3) is 0 Å². The summed E-state index contributed by atoms with van der Waals surface area (Å²) in [6.07, 6.45) is 5.35. The normalized spacial score (nSPS) is 10.5. The zero-order valence-corrected chi connectivity index (χ0v) is 11.7. The fraction of sp³-hybridized carbons (Fsp3) is 0.250. The molecule has 0 unspecified atom stereocenters. The maximum absolute atomic E-state index is 13.1. The number of halogens is 1. The number of aromatic nitrogens is 1. The molecule has 0 aliphatic heterocycles. The van der Waals surface area contributed by atoms with Crippen molar-refractivity contribution in [2.45, 2.75) is 19.4 Å². The molecule has 1 aromatic heterocycles. The minimum absolute atomic E-state index is 0.148. The highest BCUT2D eigenvalue weighted by Gasteiger charge is 2.07. The number of hydrogen-bond donors (Lipinski definition) is 2. The molecule has 0 bridgehead atoms. The fourth-order valence-corrected chi connectivity index (χ4v) is 2.04. The second-order valence-electron chi connectivity index (χ2n) is 4.73. The molecule has 0 saturated heterocycles. The Hall–Kier alpha value is -2.27. The van der Waals surface area contributed by atoms with E-state index < -0.39 is 5.82 Å². The van der Waals surface area contributed by atoms with E-state index in [0.717, 1.165) is 18.4 Å². The van der Waals surface area contributed by atoms with E-state index in [1.54, 1.807) is 18.5 Å². The Bertz CT molecular complexity index is 602. The van der Waals surface area contributed by atoms with Gasteiger partial charge < -0.3 is 10.5 Å². The van der Waals surface area contributed by atoms with Gasteiger partial charge in [-0.05, 0) is 48.2 Å². The van der Waals surface area contributed by atoms with Crippen LogP contribution in [0, 0.1) is 11.2 Å². The molecule has 1 aromatic carbocycles. The van der Waals surface area contributed by atoms with Crippen molar-refractivity contribution in [1.29, 1.82) is 5.41 Å². The molecule has 0 fully saturated rings. The number of benzene rings is 1. The van der Waals surface area contributed by atoms with Crippen molar-refractivity contribution < 1.29 is 9.13 Å². The summed E-state index contributed by atoms with van der Waals surface area (Å²) in [5, 5.41) is 7.45. The number of nitrogens with two attached hydrogens (primary N) is 1. The number of nitrogens with one attached hydrogen (secondary N) is 1. The second kappa shape index (κ2) is 7.50. The fourth-order valence-electron chi connectivity index (χ4n) is 2.04. The molecule has 0 amide bonds. The van der Waals surface area contributed by atoms with E-state index in [-0.39, 0.29) is 5.84 Å². The monoisotopic (exact) mass is 287 g/mol. The first kappa shape index (κ1) is 15.1. The van der Waals surface area contributed by atoms with Crippen LogP contribution in [-0.2, 0) is 17.8 Å². The van der Waals surface area contributed by atoms with Gasteiger partial charge >= 0.3 is 0 Å². The van der Waals surface area contributed by atoms with Crippen molar-refractivity contribution in [3.63, 3.8) is 0 Å². The average molecular weight is 287 g/mol. The predicted octanol–water partition coefficient (Wildman–Crippen LogP) is 2.65. The van der Waals surface area contributed by atoms with E-state index in [1.807, 2.05) is 12.1 Å². The van der Waals surface area contributed by atoms with Gasteiger partial charge in [-0.3, -0.25) is 10.4 Å². The summed E-state index contributed by atoms with van der Waals surface area (Å²) in [5.74, 6) is -0.550. The van der Waals surface area contributed by atoms with Crippen LogP contribution in [0.1, 0.15) is 23.1 Å². The molecule has 3 N–H and O–H groups in total. The van der Waals surface area contributed by atoms with Crippen LogP contribution >= 0.6 is 0 Å². The van der Waals surface area contributed by atoms with E-state index in [0.29, 0.717) is 18.8 Å². The first-order valence-electron chi connectivity index (χ1n) is 6.76. The summed E-state index contributed by atoms with van der Waals surface area (Å²) >= 11 is 0. The van der Waals surface area contributed by atoms with Gasteiger partial charge in [-0.15, -0.1) is 0 Å². The molecule has 5 heteroatoms. The van der Waals surface area contributed by atoms with Gasteiger partial charge in [0.1, 0.15) is 11.7 Å². The zero-order chi connectivity index (χ0) is 15.1. The van der Waals surface area contributed by atoms with Crippen LogP contribution in [0.2, 0.25) is 0 Å². The van der Waals surface area contributed by atoms with E-state index in [1.165, 1.54) is 17.7 Å². The Kier molecular flexibility index (Phi) is 5.40. The van der Waals surface area contributed by atoms with Crippen molar-refractivity contribution >= 4 is 5.84 Å². The highest BCUT2D eigenvalue weighted by molar-refractivity contribution is 5.96. The third-order valence-corrected chi connectivity index (χ3v) is 3.12. The van der Waals surface area contributed by atoms with Gasteiger partial charge in [-0.25, -0.2) is 4.39 Å². The number of rotatable bonds is 7. The minimum atomic E-state index is -0.401. The molecule has 2 rings (SSSR count). The SMILES string of the molecule is N=C(N)c1cc(F)ccc1COCCCc1ccncc1. The number of ether oxygens (including phenoxy) is 1. The van der Waals surface area contributed by atoms with Gasteiger partial charge in [-0.2, -0.15) is 0 Å². The number of aryl methyl sites for hydroxylation is 1. The number of amidine groups is 1. The number of hydrogen-bond acceptors (Lipinski definition) is 3. The van der Waals surface area contributed by atoms with Crippen molar-refractivity contribution in [2.24, 2.45) is 5.73 Å². The lowest BCUT2D eigenvalue weighted by molar-refractivity contribution is 0.118. The lowest BCUT2D eigenvalue weighted by Crippen LogP contribution is -2.15. The van der Waals surface area contributed by atoms with Gasteiger partial charge in [0.25, 0.3) is 0 Å². The van der Waals surface area contributed by atoms with E-state index in [4.69, 9.17) is 15.9 Å². The van der Waals surface area contributed by atoms with Crippen LogP contribution < -0.4 is 5.73 Å². The number of nitrogen functional groups attached to an aromatic ring is 1. The molecule has 0 spiro atoms. The average Bonchev–Trinajstić information content (AvgIpc) is 2.49.